The summed E-state index contributed by atoms with van der Waals surface area (Å²) in [5.41, 5.74) is 4.30. The zero-order valence-electron chi connectivity index (χ0n) is 10.2. The summed E-state index contributed by atoms with van der Waals surface area (Å²) in [4.78, 5) is 4.40. The Kier molecular flexibility index (Phi) is 2.69. The van der Waals surface area contributed by atoms with Crippen molar-refractivity contribution in [1.82, 2.24) is 9.55 Å². The van der Waals surface area contributed by atoms with Gasteiger partial charge in [-0.05, 0) is 19.1 Å². The summed E-state index contributed by atoms with van der Waals surface area (Å²) >= 11 is 0. The molecule has 0 bridgehead atoms. The number of benzene rings is 2. The molecule has 2 heteroatoms. The van der Waals surface area contributed by atoms with Crippen LogP contribution in [0.2, 0.25) is 0 Å². The van der Waals surface area contributed by atoms with Crippen molar-refractivity contribution in [3.05, 3.63) is 72.7 Å². The molecule has 3 rings (SSSR count). The summed E-state index contributed by atoms with van der Waals surface area (Å²) in [6.07, 6.45) is 3.06. The van der Waals surface area contributed by atoms with Crippen LogP contribution in [0.1, 0.15) is 5.69 Å². The van der Waals surface area contributed by atoms with Crippen LogP contribution < -0.4 is 0 Å². The van der Waals surface area contributed by atoms with Crippen LogP contribution in [-0.2, 0) is 0 Å². The molecule has 2 nitrogen and oxygen atoms in total. The highest BCUT2D eigenvalue weighted by Gasteiger charge is 2.09. The summed E-state index contributed by atoms with van der Waals surface area (Å²) in [5.74, 6) is 0. The Morgan fingerprint density at radius 1 is 0.889 bits per heavy atom. The molecular formula is C16H13N2. The predicted octanol–water partition coefficient (Wildman–Crippen LogP) is 3.65. The second-order valence-corrected chi connectivity index (χ2v) is 4.18. The summed E-state index contributed by atoms with van der Waals surface area (Å²) in [6, 6.07) is 20.4. The maximum atomic E-state index is 4.40. The molecule has 2 aromatic carbocycles. The van der Waals surface area contributed by atoms with E-state index in [-0.39, 0.29) is 0 Å². The molecule has 0 aliphatic heterocycles. The molecule has 3 aromatic rings. The van der Waals surface area contributed by atoms with E-state index in [2.05, 4.69) is 42.5 Å². The predicted molar refractivity (Wildman–Crippen MR) is 72.6 cm³/mol. The van der Waals surface area contributed by atoms with Gasteiger partial charge >= 0.3 is 0 Å². The summed E-state index contributed by atoms with van der Waals surface area (Å²) < 4.78 is 1.99. The van der Waals surface area contributed by atoms with E-state index in [0.29, 0.717) is 0 Å². The average Bonchev–Trinajstić information content (AvgIpc) is 2.83. The fourth-order valence-electron chi connectivity index (χ4n) is 2.06. The maximum absolute atomic E-state index is 4.40. The van der Waals surface area contributed by atoms with Gasteiger partial charge in [-0.15, -0.1) is 0 Å². The van der Waals surface area contributed by atoms with Gasteiger partial charge in [-0.3, -0.25) is 4.57 Å². The van der Waals surface area contributed by atoms with E-state index in [9.17, 15) is 0 Å². The van der Waals surface area contributed by atoms with Gasteiger partial charge in [-0.2, -0.15) is 0 Å². The van der Waals surface area contributed by atoms with Gasteiger partial charge in [0.2, 0.25) is 0 Å². The number of hydrogen-bond acceptors (Lipinski definition) is 1. The van der Waals surface area contributed by atoms with E-state index in [1.54, 1.807) is 0 Å². The quantitative estimate of drug-likeness (QED) is 0.660. The Labute approximate surface area is 107 Å². The lowest BCUT2D eigenvalue weighted by Gasteiger charge is -2.05. The van der Waals surface area contributed by atoms with Crippen molar-refractivity contribution in [3.8, 4) is 16.9 Å². The lowest BCUT2D eigenvalue weighted by atomic mass is 10.1. The maximum Gasteiger partial charge on any atom is 0.182 e. The highest BCUT2D eigenvalue weighted by molar-refractivity contribution is 5.62. The normalized spacial score (nSPS) is 10.5. The van der Waals surface area contributed by atoms with E-state index in [1.165, 1.54) is 0 Å². The van der Waals surface area contributed by atoms with Gasteiger partial charge < -0.3 is 0 Å². The van der Waals surface area contributed by atoms with Gasteiger partial charge in [0.1, 0.15) is 0 Å². The van der Waals surface area contributed by atoms with Crippen molar-refractivity contribution in [2.24, 2.45) is 0 Å². The van der Waals surface area contributed by atoms with Gasteiger partial charge in [-0.25, -0.2) is 4.98 Å². The van der Waals surface area contributed by atoms with Gasteiger partial charge in [0.25, 0.3) is 0 Å². The van der Waals surface area contributed by atoms with Crippen LogP contribution in [0.5, 0.6) is 0 Å². The van der Waals surface area contributed by atoms with Crippen molar-refractivity contribution in [1.29, 1.82) is 0 Å². The van der Waals surface area contributed by atoms with Crippen LogP contribution in [0, 0.1) is 13.3 Å². The van der Waals surface area contributed by atoms with Crippen molar-refractivity contribution < 1.29 is 0 Å². The minimum atomic E-state index is 0.986. The number of aromatic nitrogens is 2. The van der Waals surface area contributed by atoms with Crippen LogP contribution in [0.4, 0.5) is 0 Å². The summed E-state index contributed by atoms with van der Waals surface area (Å²) in [6.45, 7) is 2.07. The largest absolute Gasteiger partial charge is 0.294 e. The Bertz CT molecular complexity index is 582. The van der Waals surface area contributed by atoms with Gasteiger partial charge in [0.05, 0.1) is 5.69 Å². The second-order valence-electron chi connectivity index (χ2n) is 4.18. The van der Waals surface area contributed by atoms with E-state index < -0.39 is 0 Å². The Morgan fingerprint density at radius 3 is 2.17 bits per heavy atom. The number of nitrogens with zero attached hydrogens (tertiary/aromatic N) is 2. The molecule has 0 atom stereocenters. The number of hydrogen-bond donors (Lipinski definition) is 0. The fourth-order valence-corrected chi connectivity index (χ4v) is 2.06. The molecule has 87 valence electrons. The van der Waals surface area contributed by atoms with Crippen molar-refractivity contribution in [3.63, 3.8) is 0 Å². The lowest BCUT2D eigenvalue weighted by molar-refractivity contribution is 0.994. The molecule has 0 unspecified atom stereocenters. The van der Waals surface area contributed by atoms with E-state index >= 15 is 0 Å². The van der Waals surface area contributed by atoms with Crippen molar-refractivity contribution in [2.75, 3.05) is 0 Å². The van der Waals surface area contributed by atoms with Crippen LogP contribution >= 0.6 is 0 Å². The first-order valence-electron chi connectivity index (χ1n) is 5.94. The zero-order valence-corrected chi connectivity index (χ0v) is 10.2. The minimum absolute atomic E-state index is 0.986. The standard InChI is InChI=1S/C16H13N2/c1-13-16(14-8-4-2-5-9-14)17-12-18(13)15-10-6-3-7-11-15/h2-11H,1H3. The highest BCUT2D eigenvalue weighted by atomic mass is 15.1. The van der Waals surface area contributed by atoms with E-state index in [4.69, 9.17) is 0 Å². The van der Waals surface area contributed by atoms with Crippen LogP contribution in [-0.4, -0.2) is 9.55 Å². The molecule has 0 spiro atoms. The third kappa shape index (κ3) is 1.82. The number of imidazole rings is 1. The van der Waals surface area contributed by atoms with Crippen LogP contribution in [0.25, 0.3) is 16.9 Å². The monoisotopic (exact) mass is 233 g/mol. The third-order valence-corrected chi connectivity index (χ3v) is 3.00. The SMILES string of the molecule is Cc1c(-c2ccccc2)n[c]n1-c1ccccc1. The molecule has 0 aliphatic rings. The molecule has 0 saturated carbocycles. The summed E-state index contributed by atoms with van der Waals surface area (Å²) in [5, 5.41) is 0. The fraction of sp³-hybridized carbons (Fsp3) is 0.0625. The van der Waals surface area contributed by atoms with E-state index in [0.717, 1.165) is 22.6 Å². The summed E-state index contributed by atoms with van der Waals surface area (Å²) in [7, 11) is 0. The first-order valence-corrected chi connectivity index (χ1v) is 5.94. The van der Waals surface area contributed by atoms with Gasteiger partial charge in [0.15, 0.2) is 6.33 Å². The molecular weight excluding hydrogens is 220 g/mol. The minimum Gasteiger partial charge on any atom is -0.294 e. The first kappa shape index (κ1) is 10.8. The molecule has 0 saturated heterocycles. The Morgan fingerprint density at radius 2 is 1.50 bits per heavy atom. The van der Waals surface area contributed by atoms with Crippen LogP contribution in [0.15, 0.2) is 60.7 Å². The molecule has 18 heavy (non-hydrogen) atoms. The number of rotatable bonds is 2. The van der Waals surface area contributed by atoms with E-state index in [1.807, 2.05) is 41.0 Å². The molecule has 1 aromatic heterocycles. The Hall–Kier alpha value is -2.35. The molecule has 0 fully saturated rings. The van der Waals surface area contributed by atoms with Gasteiger partial charge in [0, 0.05) is 16.9 Å². The lowest BCUT2D eigenvalue weighted by Crippen LogP contribution is -1.94. The highest BCUT2D eigenvalue weighted by Crippen LogP contribution is 2.23. The second kappa shape index (κ2) is 4.49. The average molecular weight is 233 g/mol. The van der Waals surface area contributed by atoms with Crippen molar-refractivity contribution >= 4 is 0 Å². The zero-order chi connectivity index (χ0) is 12.4. The molecule has 0 amide bonds. The molecule has 0 N–H and O–H groups in total. The first-order chi connectivity index (χ1) is 8.86. The molecule has 1 radical (unpaired) electrons. The topological polar surface area (TPSA) is 17.8 Å². The van der Waals surface area contributed by atoms with Crippen LogP contribution in [0.3, 0.4) is 0 Å². The Balaban J connectivity index is 2.09. The van der Waals surface area contributed by atoms with Gasteiger partial charge in [-0.1, -0.05) is 48.5 Å². The smallest absolute Gasteiger partial charge is 0.182 e. The number of para-hydroxylation sites is 1. The molecule has 1 heterocycles. The molecule has 0 aliphatic carbocycles. The third-order valence-electron chi connectivity index (χ3n) is 3.00. The van der Waals surface area contributed by atoms with Crippen molar-refractivity contribution in [2.45, 2.75) is 6.92 Å².